The van der Waals surface area contributed by atoms with E-state index in [-0.39, 0.29) is 12.4 Å². The first-order valence-corrected chi connectivity index (χ1v) is 6.17. The summed E-state index contributed by atoms with van der Waals surface area (Å²) in [4.78, 5) is 11.4. The van der Waals surface area contributed by atoms with E-state index < -0.39 is 0 Å². The van der Waals surface area contributed by atoms with Crippen molar-refractivity contribution in [2.75, 3.05) is 19.8 Å². The molecule has 1 aromatic carbocycles. The number of Topliss-reactive ketones (excluding diaryl/α,β-unsaturated/α-hetero) is 1. The van der Waals surface area contributed by atoms with Gasteiger partial charge in [-0.05, 0) is 12.0 Å². The topological polar surface area (TPSA) is 38.3 Å². The number of hydrogen-bond donors (Lipinski definition) is 1. The molecule has 0 fully saturated rings. The van der Waals surface area contributed by atoms with Crippen molar-refractivity contribution in [1.29, 1.82) is 0 Å². The molecule has 0 unspecified atom stereocenters. The van der Waals surface area contributed by atoms with Gasteiger partial charge in [0, 0.05) is 26.1 Å². The minimum Gasteiger partial charge on any atom is -0.374 e. The third-order valence-corrected chi connectivity index (χ3v) is 2.36. The van der Waals surface area contributed by atoms with Crippen LogP contribution >= 0.6 is 0 Å². The molecule has 0 amide bonds. The van der Waals surface area contributed by atoms with Gasteiger partial charge in [-0.2, -0.15) is 0 Å². The molecule has 0 radical (unpaired) electrons. The van der Waals surface area contributed by atoms with E-state index in [4.69, 9.17) is 4.74 Å². The molecule has 0 saturated heterocycles. The maximum absolute atomic E-state index is 11.4. The average Bonchev–Trinajstić information content (AvgIpc) is 2.36. The summed E-state index contributed by atoms with van der Waals surface area (Å²) >= 11 is 0. The van der Waals surface area contributed by atoms with Crippen LogP contribution in [0, 0.1) is 0 Å². The van der Waals surface area contributed by atoms with Gasteiger partial charge in [0.25, 0.3) is 0 Å². The second-order valence-electron chi connectivity index (χ2n) is 4.00. The zero-order chi connectivity index (χ0) is 12.3. The fourth-order valence-electron chi connectivity index (χ4n) is 1.46. The molecule has 0 saturated carbocycles. The molecule has 0 atom stereocenters. The van der Waals surface area contributed by atoms with Crippen LogP contribution in [-0.2, 0) is 16.1 Å². The van der Waals surface area contributed by atoms with Crippen LogP contribution in [0.5, 0.6) is 0 Å². The first-order chi connectivity index (χ1) is 8.33. The Balaban J connectivity index is 2.02. The maximum atomic E-state index is 11.4. The van der Waals surface area contributed by atoms with Crippen molar-refractivity contribution < 1.29 is 9.53 Å². The molecule has 0 bridgehead atoms. The van der Waals surface area contributed by atoms with Gasteiger partial charge in [0.05, 0.1) is 0 Å². The normalized spacial score (nSPS) is 10.4. The van der Waals surface area contributed by atoms with E-state index in [2.05, 4.69) is 17.4 Å². The van der Waals surface area contributed by atoms with Crippen LogP contribution in [0.15, 0.2) is 30.3 Å². The number of ketones is 1. The van der Waals surface area contributed by atoms with Gasteiger partial charge in [-0.1, -0.05) is 37.3 Å². The summed E-state index contributed by atoms with van der Waals surface area (Å²) in [6.07, 6.45) is 1.50. The van der Waals surface area contributed by atoms with Gasteiger partial charge in [0.15, 0.2) is 5.78 Å². The van der Waals surface area contributed by atoms with Crippen LogP contribution in [0.3, 0.4) is 0 Å². The number of carbonyl (C=O) groups is 1. The van der Waals surface area contributed by atoms with Gasteiger partial charge in [-0.3, -0.25) is 4.79 Å². The SMILES string of the molecule is CCCOCC(=O)CCNCc1ccccc1. The Hall–Kier alpha value is -1.19. The Morgan fingerprint density at radius 2 is 2.06 bits per heavy atom. The Bertz CT molecular complexity index is 311. The highest BCUT2D eigenvalue weighted by Gasteiger charge is 2.01. The standard InChI is InChI=1S/C14H21NO2/c1-2-10-17-12-14(16)8-9-15-11-13-6-4-3-5-7-13/h3-7,15H,2,8-12H2,1H3. The molecule has 3 heteroatoms. The van der Waals surface area contributed by atoms with Crippen molar-refractivity contribution in [2.24, 2.45) is 0 Å². The van der Waals surface area contributed by atoms with Crippen molar-refractivity contribution in [3.8, 4) is 0 Å². The lowest BCUT2D eigenvalue weighted by molar-refractivity contribution is -0.123. The number of carbonyl (C=O) groups excluding carboxylic acids is 1. The minimum atomic E-state index is 0.166. The van der Waals surface area contributed by atoms with Crippen LogP contribution in [0.4, 0.5) is 0 Å². The lowest BCUT2D eigenvalue weighted by atomic mass is 10.2. The molecule has 3 nitrogen and oxygen atoms in total. The van der Waals surface area contributed by atoms with Gasteiger partial charge >= 0.3 is 0 Å². The summed E-state index contributed by atoms with van der Waals surface area (Å²) in [7, 11) is 0. The predicted octanol–water partition coefficient (Wildman–Crippen LogP) is 2.16. The first kappa shape index (κ1) is 13.9. The number of nitrogens with one attached hydrogen (secondary N) is 1. The highest BCUT2D eigenvalue weighted by molar-refractivity contribution is 5.79. The quantitative estimate of drug-likeness (QED) is 0.667. The molecule has 17 heavy (non-hydrogen) atoms. The third-order valence-electron chi connectivity index (χ3n) is 2.36. The third kappa shape index (κ3) is 6.87. The van der Waals surface area contributed by atoms with E-state index in [0.717, 1.165) is 13.0 Å². The van der Waals surface area contributed by atoms with Crippen molar-refractivity contribution >= 4 is 5.78 Å². The van der Waals surface area contributed by atoms with Crippen LogP contribution < -0.4 is 5.32 Å². The fourth-order valence-corrected chi connectivity index (χ4v) is 1.46. The largest absolute Gasteiger partial charge is 0.374 e. The smallest absolute Gasteiger partial charge is 0.159 e. The predicted molar refractivity (Wildman–Crippen MR) is 68.9 cm³/mol. The zero-order valence-corrected chi connectivity index (χ0v) is 10.4. The summed E-state index contributed by atoms with van der Waals surface area (Å²) in [5.74, 6) is 0.166. The summed E-state index contributed by atoms with van der Waals surface area (Å²) in [6.45, 7) is 4.48. The first-order valence-electron chi connectivity index (χ1n) is 6.17. The van der Waals surface area contributed by atoms with Gasteiger partial charge < -0.3 is 10.1 Å². The highest BCUT2D eigenvalue weighted by Crippen LogP contribution is 1.97. The summed E-state index contributed by atoms with van der Waals surface area (Å²) in [5.41, 5.74) is 1.24. The Morgan fingerprint density at radius 1 is 1.29 bits per heavy atom. The molecule has 1 N–H and O–H groups in total. The van der Waals surface area contributed by atoms with E-state index in [1.165, 1.54) is 5.56 Å². The van der Waals surface area contributed by atoms with Crippen LogP contribution in [-0.4, -0.2) is 25.5 Å². The Labute approximate surface area is 103 Å². The monoisotopic (exact) mass is 235 g/mol. The van der Waals surface area contributed by atoms with Crippen molar-refractivity contribution in [1.82, 2.24) is 5.32 Å². The fraction of sp³-hybridized carbons (Fsp3) is 0.500. The Morgan fingerprint density at radius 3 is 2.76 bits per heavy atom. The minimum absolute atomic E-state index is 0.166. The molecule has 0 heterocycles. The Kier molecular flexibility index (Phi) is 7.27. The molecule has 0 aromatic heterocycles. The highest BCUT2D eigenvalue weighted by atomic mass is 16.5. The lowest BCUT2D eigenvalue weighted by Crippen LogP contribution is -2.20. The molecular formula is C14H21NO2. The molecule has 0 aliphatic carbocycles. The van der Waals surface area contributed by atoms with Gasteiger partial charge in [0.2, 0.25) is 0 Å². The zero-order valence-electron chi connectivity index (χ0n) is 10.4. The summed E-state index contributed by atoms with van der Waals surface area (Å²) in [5, 5.41) is 3.25. The number of hydrogen-bond acceptors (Lipinski definition) is 3. The van der Waals surface area contributed by atoms with Crippen LogP contribution in [0.25, 0.3) is 0 Å². The van der Waals surface area contributed by atoms with E-state index in [9.17, 15) is 4.79 Å². The maximum Gasteiger partial charge on any atom is 0.159 e. The van der Waals surface area contributed by atoms with E-state index in [0.29, 0.717) is 19.6 Å². The number of ether oxygens (including phenoxy) is 1. The molecule has 0 aliphatic heterocycles. The number of benzene rings is 1. The van der Waals surface area contributed by atoms with Crippen molar-refractivity contribution in [3.63, 3.8) is 0 Å². The molecule has 0 aliphatic rings. The van der Waals surface area contributed by atoms with Gasteiger partial charge in [0.1, 0.15) is 6.61 Å². The van der Waals surface area contributed by atoms with Crippen molar-refractivity contribution in [2.45, 2.75) is 26.3 Å². The van der Waals surface area contributed by atoms with Crippen LogP contribution in [0.2, 0.25) is 0 Å². The summed E-state index contributed by atoms with van der Waals surface area (Å²) < 4.78 is 5.18. The van der Waals surface area contributed by atoms with Crippen LogP contribution in [0.1, 0.15) is 25.3 Å². The van der Waals surface area contributed by atoms with E-state index in [1.807, 2.05) is 25.1 Å². The van der Waals surface area contributed by atoms with Gasteiger partial charge in [-0.25, -0.2) is 0 Å². The molecular weight excluding hydrogens is 214 g/mol. The van der Waals surface area contributed by atoms with E-state index in [1.54, 1.807) is 0 Å². The molecule has 0 spiro atoms. The van der Waals surface area contributed by atoms with E-state index >= 15 is 0 Å². The number of rotatable bonds is 9. The lowest BCUT2D eigenvalue weighted by Gasteiger charge is -2.05. The van der Waals surface area contributed by atoms with Gasteiger partial charge in [-0.15, -0.1) is 0 Å². The molecule has 1 aromatic rings. The second kappa shape index (κ2) is 8.90. The summed E-state index contributed by atoms with van der Waals surface area (Å²) in [6, 6.07) is 10.2. The molecule has 94 valence electrons. The second-order valence-corrected chi connectivity index (χ2v) is 4.00. The van der Waals surface area contributed by atoms with Crippen molar-refractivity contribution in [3.05, 3.63) is 35.9 Å². The molecule has 1 rings (SSSR count). The average molecular weight is 235 g/mol.